The largest absolute Gasteiger partial charge is 0.508 e. The molecule has 3 aromatic rings. The van der Waals surface area contributed by atoms with E-state index in [4.69, 9.17) is 12.2 Å². The predicted molar refractivity (Wildman–Crippen MR) is 102 cm³/mol. The summed E-state index contributed by atoms with van der Waals surface area (Å²) in [5.41, 5.74) is 4.01. The second kappa shape index (κ2) is 6.22. The minimum Gasteiger partial charge on any atom is -0.508 e. The molecule has 25 heavy (non-hydrogen) atoms. The van der Waals surface area contributed by atoms with Gasteiger partial charge in [0.15, 0.2) is 5.11 Å². The average molecular weight is 350 g/mol. The molecular formula is C19H18N4OS. The third-order valence-corrected chi connectivity index (χ3v) is 4.71. The van der Waals surface area contributed by atoms with E-state index in [0.29, 0.717) is 5.11 Å². The molecule has 0 saturated carbocycles. The predicted octanol–water partition coefficient (Wildman–Crippen LogP) is 3.60. The Morgan fingerprint density at radius 3 is 2.52 bits per heavy atom. The molecule has 0 bridgehead atoms. The molecule has 0 aliphatic carbocycles. The fraction of sp³-hybridized carbons (Fsp3) is 0.158. The van der Waals surface area contributed by atoms with Crippen molar-refractivity contribution in [3.8, 4) is 5.75 Å². The van der Waals surface area contributed by atoms with Crippen LogP contribution < -0.4 is 10.2 Å². The van der Waals surface area contributed by atoms with Crippen LogP contribution in [0.2, 0.25) is 0 Å². The van der Waals surface area contributed by atoms with E-state index in [1.807, 2.05) is 37.3 Å². The molecule has 6 heteroatoms. The summed E-state index contributed by atoms with van der Waals surface area (Å²) in [5.74, 6) is 0.232. The van der Waals surface area contributed by atoms with Crippen molar-refractivity contribution in [1.29, 1.82) is 0 Å². The summed E-state index contributed by atoms with van der Waals surface area (Å²) in [7, 11) is 0. The topological polar surface area (TPSA) is 64.2 Å². The van der Waals surface area contributed by atoms with Gasteiger partial charge in [0.1, 0.15) is 11.8 Å². The standard InChI is InChI=1S/C19H18N4OS/c1-12-5-10-16(21-12)18-17(15-4-2-3-11-20-15)22-19(25)23(18)13-6-8-14(24)9-7-13/h2-11,17-18,21,24H,1H3,(H,22,25)/t17-,18+/m1/s1. The Balaban J connectivity index is 1.81. The second-order valence-electron chi connectivity index (χ2n) is 6.11. The molecule has 5 nitrogen and oxygen atoms in total. The lowest BCUT2D eigenvalue weighted by Crippen LogP contribution is -2.29. The number of anilines is 1. The highest BCUT2D eigenvalue weighted by molar-refractivity contribution is 7.80. The summed E-state index contributed by atoms with van der Waals surface area (Å²) in [4.78, 5) is 10.0. The number of H-pyrrole nitrogens is 1. The van der Waals surface area contributed by atoms with Gasteiger partial charge in [0.2, 0.25) is 0 Å². The summed E-state index contributed by atoms with van der Waals surface area (Å²) in [6.45, 7) is 2.03. The van der Waals surface area contributed by atoms with Crippen molar-refractivity contribution in [2.75, 3.05) is 4.90 Å². The first-order chi connectivity index (χ1) is 12.1. The van der Waals surface area contributed by atoms with Gasteiger partial charge < -0.3 is 20.3 Å². The number of aryl methyl sites for hydroxylation is 1. The number of nitrogens with one attached hydrogen (secondary N) is 2. The first kappa shape index (κ1) is 15.7. The zero-order valence-electron chi connectivity index (χ0n) is 13.7. The average Bonchev–Trinajstić information content (AvgIpc) is 3.20. The minimum absolute atomic E-state index is 0.0550. The molecular weight excluding hydrogens is 332 g/mol. The van der Waals surface area contributed by atoms with Crippen LogP contribution >= 0.6 is 12.2 Å². The van der Waals surface area contributed by atoms with Crippen molar-refractivity contribution in [3.05, 3.63) is 77.9 Å². The monoisotopic (exact) mass is 350 g/mol. The lowest BCUT2D eigenvalue weighted by molar-refractivity contribution is 0.475. The zero-order chi connectivity index (χ0) is 17.4. The normalized spacial score (nSPS) is 19.9. The molecule has 0 unspecified atom stereocenters. The smallest absolute Gasteiger partial charge is 0.174 e. The fourth-order valence-corrected chi connectivity index (χ4v) is 3.61. The van der Waals surface area contributed by atoms with Gasteiger partial charge in [0.05, 0.1) is 11.7 Å². The van der Waals surface area contributed by atoms with E-state index in [0.717, 1.165) is 22.8 Å². The van der Waals surface area contributed by atoms with Gasteiger partial charge in [-0.15, -0.1) is 0 Å². The van der Waals surface area contributed by atoms with Gasteiger partial charge in [-0.05, 0) is 67.7 Å². The van der Waals surface area contributed by atoms with Crippen molar-refractivity contribution < 1.29 is 5.11 Å². The van der Waals surface area contributed by atoms with Crippen LogP contribution in [0.25, 0.3) is 0 Å². The summed E-state index contributed by atoms with van der Waals surface area (Å²) in [5, 5.41) is 13.6. The quantitative estimate of drug-likeness (QED) is 0.630. The Morgan fingerprint density at radius 2 is 1.88 bits per heavy atom. The van der Waals surface area contributed by atoms with E-state index in [1.54, 1.807) is 18.3 Å². The number of hydrogen-bond acceptors (Lipinski definition) is 3. The van der Waals surface area contributed by atoms with Crippen LogP contribution in [0.4, 0.5) is 5.69 Å². The highest BCUT2D eigenvalue weighted by atomic mass is 32.1. The molecule has 3 heterocycles. The SMILES string of the molecule is Cc1ccc([C@H]2[C@@H](c3ccccn3)NC(=S)N2c2ccc(O)cc2)[nH]1. The molecule has 1 fully saturated rings. The Kier molecular flexibility index (Phi) is 3.89. The van der Waals surface area contributed by atoms with Crippen molar-refractivity contribution in [2.24, 2.45) is 0 Å². The molecule has 1 saturated heterocycles. The van der Waals surface area contributed by atoms with E-state index in [-0.39, 0.29) is 17.8 Å². The van der Waals surface area contributed by atoms with E-state index in [9.17, 15) is 5.11 Å². The Hall–Kier alpha value is -2.86. The maximum absolute atomic E-state index is 9.60. The van der Waals surface area contributed by atoms with Gasteiger partial charge in [-0.2, -0.15) is 0 Å². The zero-order valence-corrected chi connectivity index (χ0v) is 14.5. The maximum Gasteiger partial charge on any atom is 0.174 e. The number of hydrogen-bond donors (Lipinski definition) is 3. The van der Waals surface area contributed by atoms with Crippen LogP contribution in [0.1, 0.15) is 29.2 Å². The van der Waals surface area contributed by atoms with E-state index >= 15 is 0 Å². The third-order valence-electron chi connectivity index (χ3n) is 4.40. The summed E-state index contributed by atoms with van der Waals surface area (Å²) >= 11 is 5.63. The number of nitrogens with zero attached hydrogens (tertiary/aromatic N) is 2. The van der Waals surface area contributed by atoms with Crippen molar-refractivity contribution in [1.82, 2.24) is 15.3 Å². The second-order valence-corrected chi connectivity index (χ2v) is 6.50. The van der Waals surface area contributed by atoms with Crippen LogP contribution in [0, 0.1) is 6.92 Å². The van der Waals surface area contributed by atoms with Crippen LogP contribution in [-0.2, 0) is 0 Å². The van der Waals surface area contributed by atoms with E-state index in [2.05, 4.69) is 32.3 Å². The molecule has 4 rings (SSSR count). The number of pyridine rings is 1. The van der Waals surface area contributed by atoms with Gasteiger partial charge in [0.25, 0.3) is 0 Å². The van der Waals surface area contributed by atoms with Crippen molar-refractivity contribution >= 4 is 23.0 Å². The molecule has 0 amide bonds. The van der Waals surface area contributed by atoms with Crippen molar-refractivity contribution in [2.45, 2.75) is 19.0 Å². The Morgan fingerprint density at radius 1 is 1.08 bits per heavy atom. The highest BCUT2D eigenvalue weighted by Gasteiger charge is 2.41. The number of aromatic amines is 1. The van der Waals surface area contributed by atoms with E-state index in [1.165, 1.54) is 0 Å². The minimum atomic E-state index is -0.0689. The fourth-order valence-electron chi connectivity index (χ4n) is 3.26. The Labute approximate surface area is 151 Å². The molecule has 0 spiro atoms. The maximum atomic E-state index is 9.60. The number of phenols is 1. The molecule has 2 atom stereocenters. The highest BCUT2D eigenvalue weighted by Crippen LogP contribution is 2.41. The van der Waals surface area contributed by atoms with Crippen molar-refractivity contribution in [3.63, 3.8) is 0 Å². The van der Waals surface area contributed by atoms with Gasteiger partial charge in [-0.25, -0.2) is 0 Å². The molecule has 1 aliphatic heterocycles. The van der Waals surface area contributed by atoms with Gasteiger partial charge in [-0.1, -0.05) is 6.07 Å². The summed E-state index contributed by atoms with van der Waals surface area (Å²) in [6, 6.07) is 17.0. The number of phenolic OH excluding ortho intramolecular Hbond substituents is 1. The first-order valence-corrected chi connectivity index (χ1v) is 8.49. The van der Waals surface area contributed by atoms with Crippen LogP contribution in [0.15, 0.2) is 60.8 Å². The van der Waals surface area contributed by atoms with Gasteiger partial charge in [-0.3, -0.25) is 4.98 Å². The van der Waals surface area contributed by atoms with Crippen LogP contribution in [0.5, 0.6) is 5.75 Å². The lowest BCUT2D eigenvalue weighted by atomic mass is 10.0. The summed E-state index contributed by atoms with van der Waals surface area (Å²) < 4.78 is 0. The number of aromatic hydroxyl groups is 1. The van der Waals surface area contributed by atoms with E-state index < -0.39 is 0 Å². The first-order valence-electron chi connectivity index (χ1n) is 8.09. The van der Waals surface area contributed by atoms with Crippen LogP contribution in [-0.4, -0.2) is 20.2 Å². The number of benzene rings is 1. The number of rotatable bonds is 3. The van der Waals surface area contributed by atoms with Gasteiger partial charge >= 0.3 is 0 Å². The molecule has 1 aromatic carbocycles. The van der Waals surface area contributed by atoms with Gasteiger partial charge in [0, 0.05) is 23.3 Å². The molecule has 0 radical (unpaired) electrons. The molecule has 2 aromatic heterocycles. The number of thiocarbonyl (C=S) groups is 1. The summed E-state index contributed by atoms with van der Waals surface area (Å²) in [6.07, 6.45) is 1.79. The molecule has 1 aliphatic rings. The Bertz CT molecular complexity index is 891. The molecule has 3 N–H and O–H groups in total. The van der Waals surface area contributed by atoms with Crippen LogP contribution in [0.3, 0.4) is 0 Å². The lowest BCUT2D eigenvalue weighted by Gasteiger charge is -2.27. The number of aromatic nitrogens is 2. The third kappa shape index (κ3) is 2.85. The molecule has 126 valence electrons.